The molecule has 0 amide bonds. The summed E-state index contributed by atoms with van der Waals surface area (Å²) in [5.74, 6) is 1.94. The lowest BCUT2D eigenvalue weighted by Gasteiger charge is -2.38. The van der Waals surface area contributed by atoms with E-state index in [1.165, 1.54) is 73.5 Å². The summed E-state index contributed by atoms with van der Waals surface area (Å²) in [6.07, 6.45) is 14.1. The van der Waals surface area contributed by atoms with Gasteiger partial charge in [0.2, 0.25) is 10.0 Å². The molecule has 59 heavy (non-hydrogen) atoms. The van der Waals surface area contributed by atoms with Crippen LogP contribution in [0.25, 0.3) is 0 Å². The molecule has 1 aliphatic heterocycles. The summed E-state index contributed by atoms with van der Waals surface area (Å²) in [7, 11) is -3.67. The molecule has 0 saturated heterocycles. The normalized spacial score (nSPS) is 16.3. The first-order valence-corrected chi connectivity index (χ1v) is 23.8. The van der Waals surface area contributed by atoms with E-state index in [1.54, 1.807) is 0 Å². The minimum atomic E-state index is -3.67. The zero-order chi connectivity index (χ0) is 43.8. The predicted molar refractivity (Wildman–Crippen MR) is 235 cm³/mol. The van der Waals surface area contributed by atoms with Crippen LogP contribution in [0.5, 0.6) is 11.5 Å². The van der Waals surface area contributed by atoms with E-state index in [-0.39, 0.29) is 42.1 Å². The molecule has 0 fully saturated rings. The predicted octanol–water partition coefficient (Wildman–Crippen LogP) is 11.0. The number of ether oxygens (including phenoxy) is 4. The molecule has 2 aromatic rings. The maximum atomic E-state index is 13.0. The molecule has 2 aromatic carbocycles. The number of carbonyl (C=O) groups excluding carboxylic acids is 3. The van der Waals surface area contributed by atoms with Crippen molar-refractivity contribution in [3.05, 3.63) is 52.1 Å². The summed E-state index contributed by atoms with van der Waals surface area (Å²) in [6, 6.07) is 5.59. The Morgan fingerprint density at radius 3 is 1.92 bits per heavy atom. The van der Waals surface area contributed by atoms with E-state index >= 15 is 0 Å². The van der Waals surface area contributed by atoms with Gasteiger partial charge in [-0.25, -0.2) is 13.2 Å². The van der Waals surface area contributed by atoms with E-state index < -0.39 is 27.9 Å². The second kappa shape index (κ2) is 24.1. The zero-order valence-corrected chi connectivity index (χ0v) is 38.8. The van der Waals surface area contributed by atoms with Crippen molar-refractivity contribution < 1.29 is 41.7 Å². The summed E-state index contributed by atoms with van der Waals surface area (Å²) >= 11 is 0. The quantitative estimate of drug-likeness (QED) is 0.0517. The maximum absolute atomic E-state index is 13.0. The van der Waals surface area contributed by atoms with E-state index in [1.807, 2.05) is 34.6 Å². The Kier molecular flexibility index (Phi) is 20.4. The monoisotopic (exact) mass is 842 g/mol. The van der Waals surface area contributed by atoms with E-state index in [0.29, 0.717) is 37.6 Å². The highest BCUT2D eigenvalue weighted by Crippen LogP contribution is 2.45. The molecule has 1 aliphatic rings. The molecule has 0 N–H and O–H groups in total. The van der Waals surface area contributed by atoms with Crippen LogP contribution in [-0.2, 0) is 35.5 Å². The molecule has 0 aromatic heterocycles. The van der Waals surface area contributed by atoms with Crippen LogP contribution in [-0.4, -0.2) is 62.5 Å². The molecule has 0 bridgehead atoms. The van der Waals surface area contributed by atoms with Crippen molar-refractivity contribution in [2.45, 2.75) is 176 Å². The van der Waals surface area contributed by atoms with Gasteiger partial charge in [0.15, 0.2) is 0 Å². The van der Waals surface area contributed by atoms with Crippen LogP contribution in [0.4, 0.5) is 0 Å². The van der Waals surface area contributed by atoms with Gasteiger partial charge in [0.25, 0.3) is 0 Å². The smallest absolute Gasteiger partial charge is 0.338 e. The highest BCUT2D eigenvalue weighted by molar-refractivity contribution is 7.89. The molecule has 11 heteroatoms. The highest BCUT2D eigenvalue weighted by Gasteiger charge is 2.35. The topological polar surface area (TPSA) is 126 Å². The van der Waals surface area contributed by atoms with Gasteiger partial charge in [-0.3, -0.25) is 9.59 Å². The lowest BCUT2D eigenvalue weighted by atomic mass is 9.83. The van der Waals surface area contributed by atoms with E-state index in [9.17, 15) is 22.8 Å². The Morgan fingerprint density at radius 1 is 0.763 bits per heavy atom. The van der Waals surface area contributed by atoms with E-state index in [4.69, 9.17) is 18.9 Å². The largest absolute Gasteiger partial charge is 0.487 e. The number of carbonyl (C=O) groups is 3. The number of sulfonamides is 1. The van der Waals surface area contributed by atoms with Crippen molar-refractivity contribution in [1.29, 1.82) is 0 Å². The fourth-order valence-electron chi connectivity index (χ4n) is 7.99. The van der Waals surface area contributed by atoms with Gasteiger partial charge in [-0.2, -0.15) is 4.31 Å². The van der Waals surface area contributed by atoms with Crippen LogP contribution < -0.4 is 9.47 Å². The Balaban J connectivity index is 1.41. The van der Waals surface area contributed by atoms with Gasteiger partial charge in [-0.05, 0) is 125 Å². The number of esters is 3. The van der Waals surface area contributed by atoms with Crippen LogP contribution in [0.3, 0.4) is 0 Å². The van der Waals surface area contributed by atoms with Crippen molar-refractivity contribution in [2.24, 2.45) is 17.8 Å². The van der Waals surface area contributed by atoms with Gasteiger partial charge in [-0.15, -0.1) is 0 Å². The lowest BCUT2D eigenvalue weighted by Crippen LogP contribution is -2.37. The molecule has 0 radical (unpaired) electrons. The third kappa shape index (κ3) is 15.5. The molecule has 2 unspecified atom stereocenters. The van der Waals surface area contributed by atoms with Crippen molar-refractivity contribution >= 4 is 27.9 Å². The van der Waals surface area contributed by atoms with Gasteiger partial charge in [0.05, 0.1) is 23.3 Å². The summed E-state index contributed by atoms with van der Waals surface area (Å²) in [5.41, 5.74) is 3.72. The van der Waals surface area contributed by atoms with Gasteiger partial charge in [-0.1, -0.05) is 86.5 Å². The Bertz CT molecular complexity index is 1770. The second-order valence-electron chi connectivity index (χ2n) is 17.7. The Hall–Kier alpha value is -3.44. The van der Waals surface area contributed by atoms with Crippen LogP contribution >= 0.6 is 0 Å². The lowest BCUT2D eigenvalue weighted by molar-refractivity contribution is -0.147. The number of hydrogen-bond acceptors (Lipinski definition) is 9. The second-order valence-corrected chi connectivity index (χ2v) is 19.6. The highest BCUT2D eigenvalue weighted by atomic mass is 32.2. The number of fused-ring (bicyclic) bond motifs is 1. The van der Waals surface area contributed by atoms with E-state index in [0.717, 1.165) is 65.5 Å². The molecule has 0 saturated carbocycles. The molecule has 3 rings (SSSR count). The van der Waals surface area contributed by atoms with Crippen LogP contribution in [0.2, 0.25) is 0 Å². The standard InChI is InChI=1S/C48H75NO9S/c1-11-30-49(31-12-2)59(53,54)41-23-21-40(22-24-41)47(52)56-33-32-55-43(50)25-26-44(51)57-45-37(7)38(8)46-42(39(45)9)27-29-48(10,58-46)28-15-20-36(6)19-14-18-35(5)17-13-16-34(3)4/h21-24,34-36H,11-20,25-33H2,1-10H3/t35?,36?,48-/m1/s1. The fourth-order valence-corrected chi connectivity index (χ4v) is 9.61. The first kappa shape index (κ1) is 49.9. The van der Waals surface area contributed by atoms with Gasteiger partial charge in [0.1, 0.15) is 30.3 Å². The Labute approximate surface area is 356 Å². The minimum Gasteiger partial charge on any atom is -0.487 e. The first-order chi connectivity index (χ1) is 27.9. The summed E-state index contributed by atoms with van der Waals surface area (Å²) < 4.78 is 50.4. The third-order valence-electron chi connectivity index (χ3n) is 11.8. The van der Waals surface area contributed by atoms with Crippen molar-refractivity contribution in [3.8, 4) is 11.5 Å². The third-order valence-corrected chi connectivity index (χ3v) is 13.8. The Morgan fingerprint density at radius 2 is 1.32 bits per heavy atom. The summed E-state index contributed by atoms with van der Waals surface area (Å²) in [6.45, 7) is 21.9. The molecular formula is C48H75NO9S. The number of benzene rings is 2. The molecule has 3 atom stereocenters. The summed E-state index contributed by atoms with van der Waals surface area (Å²) in [4.78, 5) is 38.0. The maximum Gasteiger partial charge on any atom is 0.338 e. The molecule has 1 heterocycles. The van der Waals surface area contributed by atoms with Gasteiger partial charge < -0.3 is 18.9 Å². The van der Waals surface area contributed by atoms with E-state index in [2.05, 4.69) is 34.6 Å². The molecule has 332 valence electrons. The van der Waals surface area contributed by atoms with Crippen LogP contribution in [0.15, 0.2) is 29.2 Å². The fraction of sp³-hybridized carbons (Fsp3) is 0.688. The summed E-state index contributed by atoms with van der Waals surface area (Å²) in [5, 5.41) is 0. The van der Waals surface area contributed by atoms with Gasteiger partial charge >= 0.3 is 17.9 Å². The molecule has 0 aliphatic carbocycles. The van der Waals surface area contributed by atoms with Crippen molar-refractivity contribution in [3.63, 3.8) is 0 Å². The van der Waals surface area contributed by atoms with Crippen LogP contribution in [0.1, 0.15) is 171 Å². The minimum absolute atomic E-state index is 0.108. The van der Waals surface area contributed by atoms with Crippen LogP contribution in [0, 0.1) is 38.5 Å². The molecule has 0 spiro atoms. The molecule has 10 nitrogen and oxygen atoms in total. The average Bonchev–Trinajstić information content (AvgIpc) is 3.19. The van der Waals surface area contributed by atoms with Crippen molar-refractivity contribution in [1.82, 2.24) is 4.31 Å². The SMILES string of the molecule is CCCN(CCC)S(=O)(=O)c1ccc(C(=O)OCCOC(=O)CCC(=O)Oc2c(C)c(C)c3c(c2C)CC[C@@](C)(CCCC(C)CCCC(C)CCCC(C)C)O3)cc1. The van der Waals surface area contributed by atoms with Crippen molar-refractivity contribution in [2.75, 3.05) is 26.3 Å². The first-order valence-electron chi connectivity index (χ1n) is 22.4. The number of nitrogens with zero attached hydrogens (tertiary/aromatic N) is 1. The number of hydrogen-bond donors (Lipinski definition) is 0. The zero-order valence-electron chi connectivity index (χ0n) is 38.0. The average molecular weight is 842 g/mol. The molecular weight excluding hydrogens is 767 g/mol. The number of rotatable bonds is 26. The van der Waals surface area contributed by atoms with Gasteiger partial charge in [0, 0.05) is 18.7 Å².